The van der Waals surface area contributed by atoms with Gasteiger partial charge in [0.05, 0.1) is 17.6 Å². The van der Waals surface area contributed by atoms with Crippen LogP contribution in [0, 0.1) is 0 Å². The molecule has 6 heteroatoms. The first-order chi connectivity index (χ1) is 12.3. The molecule has 1 fully saturated rings. The molecule has 0 atom stereocenters. The second-order valence-corrected chi connectivity index (χ2v) is 7.47. The lowest BCUT2D eigenvalue weighted by atomic mass is 10.1. The van der Waals surface area contributed by atoms with E-state index in [1.807, 2.05) is 54.2 Å². The van der Waals surface area contributed by atoms with Crippen molar-refractivity contribution in [2.75, 3.05) is 36.6 Å². The molecule has 1 aliphatic rings. The number of hydrogen-bond donors (Lipinski definition) is 0. The fraction of sp³-hybridized carbons (Fsp3) is 0.263. The van der Waals surface area contributed by atoms with E-state index in [4.69, 9.17) is 26.3 Å². The first-order valence-electron chi connectivity index (χ1n) is 8.19. The minimum atomic E-state index is 0.663. The van der Waals surface area contributed by atoms with E-state index in [1.54, 1.807) is 7.11 Å². The molecule has 3 aromatic rings. The maximum atomic E-state index is 6.38. The van der Waals surface area contributed by atoms with Gasteiger partial charge in [-0.3, -0.25) is 0 Å². The Labute approximate surface area is 156 Å². The molecule has 1 saturated heterocycles. The van der Waals surface area contributed by atoms with E-state index >= 15 is 0 Å². The number of methoxy groups -OCH3 is 1. The Hall–Kier alpha value is -1.98. The summed E-state index contributed by atoms with van der Waals surface area (Å²) in [5, 5.41) is 1.68. The first kappa shape index (κ1) is 16.5. The molecule has 1 aromatic heterocycles. The maximum absolute atomic E-state index is 6.38. The number of halogens is 1. The van der Waals surface area contributed by atoms with Gasteiger partial charge in [-0.1, -0.05) is 23.7 Å². The van der Waals surface area contributed by atoms with Gasteiger partial charge in [0, 0.05) is 35.5 Å². The zero-order chi connectivity index (χ0) is 17.2. The van der Waals surface area contributed by atoms with E-state index in [9.17, 15) is 0 Å². The number of benzene rings is 2. The highest BCUT2D eigenvalue weighted by molar-refractivity contribution is 7.99. The van der Waals surface area contributed by atoms with E-state index in [2.05, 4.69) is 4.90 Å². The second-order valence-electron chi connectivity index (χ2n) is 5.83. The Morgan fingerprint density at radius 1 is 1.08 bits per heavy atom. The van der Waals surface area contributed by atoms with Gasteiger partial charge in [0.25, 0.3) is 0 Å². The van der Waals surface area contributed by atoms with Crippen molar-refractivity contribution in [3.05, 3.63) is 47.5 Å². The summed E-state index contributed by atoms with van der Waals surface area (Å²) >= 11 is 8.36. The average molecular weight is 372 g/mol. The summed E-state index contributed by atoms with van der Waals surface area (Å²) < 4.78 is 5.40. The number of anilines is 1. The third-order valence-electron chi connectivity index (χ3n) is 4.31. The van der Waals surface area contributed by atoms with Crippen LogP contribution in [0.5, 0.6) is 5.75 Å². The molecule has 0 amide bonds. The van der Waals surface area contributed by atoms with Crippen molar-refractivity contribution in [2.24, 2.45) is 0 Å². The number of fused-ring (bicyclic) bond motifs is 1. The number of nitrogens with zero attached hydrogens (tertiary/aromatic N) is 3. The smallest absolute Gasteiger partial charge is 0.163 e. The molecule has 128 valence electrons. The summed E-state index contributed by atoms with van der Waals surface area (Å²) in [4.78, 5) is 12.0. The third-order valence-corrected chi connectivity index (χ3v) is 5.58. The summed E-state index contributed by atoms with van der Waals surface area (Å²) in [6.45, 7) is 1.96. The third kappa shape index (κ3) is 3.26. The predicted octanol–water partition coefficient (Wildman–Crippen LogP) is 4.51. The van der Waals surface area contributed by atoms with E-state index in [-0.39, 0.29) is 0 Å². The molecule has 2 aromatic carbocycles. The van der Waals surface area contributed by atoms with Crippen molar-refractivity contribution in [3.63, 3.8) is 0 Å². The van der Waals surface area contributed by atoms with Crippen LogP contribution >= 0.6 is 23.4 Å². The molecule has 4 nitrogen and oxygen atoms in total. The largest absolute Gasteiger partial charge is 0.497 e. The Bertz CT molecular complexity index is 912. The second kappa shape index (κ2) is 7.10. The van der Waals surface area contributed by atoms with E-state index in [1.165, 1.54) is 0 Å². The zero-order valence-electron chi connectivity index (χ0n) is 13.9. The number of ether oxygens (including phenoxy) is 1. The zero-order valence-corrected chi connectivity index (χ0v) is 15.5. The van der Waals surface area contributed by atoms with E-state index in [0.717, 1.165) is 52.6 Å². The lowest BCUT2D eigenvalue weighted by Gasteiger charge is -2.28. The highest BCUT2D eigenvalue weighted by Gasteiger charge is 2.19. The van der Waals surface area contributed by atoms with Gasteiger partial charge in [0.1, 0.15) is 11.6 Å². The molecular weight excluding hydrogens is 354 g/mol. The summed E-state index contributed by atoms with van der Waals surface area (Å²) in [6, 6.07) is 13.6. The van der Waals surface area contributed by atoms with Crippen LogP contribution < -0.4 is 9.64 Å². The molecule has 0 radical (unpaired) electrons. The Balaban J connectivity index is 1.93. The van der Waals surface area contributed by atoms with Crippen molar-refractivity contribution in [1.29, 1.82) is 0 Å². The molecule has 2 heterocycles. The van der Waals surface area contributed by atoms with Crippen LogP contribution in [-0.2, 0) is 0 Å². The molecule has 0 bridgehead atoms. The van der Waals surface area contributed by atoms with E-state index in [0.29, 0.717) is 10.8 Å². The quantitative estimate of drug-likeness (QED) is 0.677. The highest BCUT2D eigenvalue weighted by atomic mass is 35.5. The highest BCUT2D eigenvalue weighted by Crippen LogP contribution is 2.33. The van der Waals surface area contributed by atoms with Gasteiger partial charge in [-0.15, -0.1) is 0 Å². The number of rotatable bonds is 3. The van der Waals surface area contributed by atoms with Gasteiger partial charge in [-0.2, -0.15) is 11.8 Å². The van der Waals surface area contributed by atoms with Crippen LogP contribution in [0.2, 0.25) is 5.02 Å². The van der Waals surface area contributed by atoms with Crippen LogP contribution in [0.4, 0.5) is 5.82 Å². The molecular formula is C19H18ClN3OS. The fourth-order valence-corrected chi connectivity index (χ4v) is 4.12. The Morgan fingerprint density at radius 3 is 2.64 bits per heavy atom. The average Bonchev–Trinajstić information content (AvgIpc) is 2.68. The normalized spacial score (nSPS) is 14.7. The lowest BCUT2D eigenvalue weighted by molar-refractivity contribution is 0.415. The standard InChI is InChI=1S/C19H18ClN3OS/c1-24-13-6-7-17-15(12-13)19(23-8-10-25-11-9-23)22-18(21-17)14-4-2-3-5-16(14)20/h2-7,12H,8-11H2,1H3. The van der Waals surface area contributed by atoms with Crippen molar-refractivity contribution in [2.45, 2.75) is 0 Å². The SMILES string of the molecule is COc1ccc2nc(-c3ccccc3Cl)nc(N3CCSCC3)c2c1. The molecule has 0 N–H and O–H groups in total. The van der Waals surface area contributed by atoms with Gasteiger partial charge in [0.15, 0.2) is 5.82 Å². The number of hydrogen-bond acceptors (Lipinski definition) is 5. The van der Waals surface area contributed by atoms with Crippen molar-refractivity contribution in [1.82, 2.24) is 9.97 Å². The minimum Gasteiger partial charge on any atom is -0.497 e. The molecule has 0 saturated carbocycles. The van der Waals surface area contributed by atoms with Gasteiger partial charge in [-0.25, -0.2) is 9.97 Å². The predicted molar refractivity (Wildman–Crippen MR) is 106 cm³/mol. The topological polar surface area (TPSA) is 38.3 Å². The summed E-state index contributed by atoms with van der Waals surface area (Å²) in [5.74, 6) is 4.65. The van der Waals surface area contributed by atoms with Crippen LogP contribution in [0.3, 0.4) is 0 Å². The minimum absolute atomic E-state index is 0.663. The number of thioether (sulfide) groups is 1. The summed E-state index contributed by atoms with van der Waals surface area (Å²) in [6.07, 6.45) is 0. The molecule has 25 heavy (non-hydrogen) atoms. The van der Waals surface area contributed by atoms with Crippen molar-refractivity contribution in [3.8, 4) is 17.1 Å². The van der Waals surface area contributed by atoms with Crippen LogP contribution in [0.15, 0.2) is 42.5 Å². The number of aromatic nitrogens is 2. The van der Waals surface area contributed by atoms with Gasteiger partial charge in [-0.05, 0) is 30.3 Å². The fourth-order valence-electron chi connectivity index (χ4n) is 3.00. The molecule has 0 spiro atoms. The molecule has 4 rings (SSSR count). The van der Waals surface area contributed by atoms with Crippen molar-refractivity contribution < 1.29 is 4.74 Å². The van der Waals surface area contributed by atoms with Crippen molar-refractivity contribution >= 4 is 40.1 Å². The first-order valence-corrected chi connectivity index (χ1v) is 9.73. The monoisotopic (exact) mass is 371 g/mol. The van der Waals surface area contributed by atoms with Gasteiger partial charge >= 0.3 is 0 Å². The maximum Gasteiger partial charge on any atom is 0.163 e. The van der Waals surface area contributed by atoms with Gasteiger partial charge in [0.2, 0.25) is 0 Å². The Kier molecular flexibility index (Phi) is 4.68. The molecule has 1 aliphatic heterocycles. The van der Waals surface area contributed by atoms with Crippen LogP contribution in [0.25, 0.3) is 22.3 Å². The summed E-state index contributed by atoms with van der Waals surface area (Å²) in [7, 11) is 1.68. The van der Waals surface area contributed by atoms with Crippen LogP contribution in [0.1, 0.15) is 0 Å². The van der Waals surface area contributed by atoms with E-state index < -0.39 is 0 Å². The summed E-state index contributed by atoms with van der Waals surface area (Å²) in [5.41, 5.74) is 1.76. The molecule has 0 aliphatic carbocycles. The molecule has 0 unspecified atom stereocenters. The van der Waals surface area contributed by atoms with Gasteiger partial charge < -0.3 is 9.64 Å². The Morgan fingerprint density at radius 2 is 1.88 bits per heavy atom. The van der Waals surface area contributed by atoms with Crippen LogP contribution in [-0.4, -0.2) is 41.7 Å². The lowest BCUT2D eigenvalue weighted by Crippen LogP contribution is -2.33.